The molecule has 17 heavy (non-hydrogen) atoms. The summed E-state index contributed by atoms with van der Waals surface area (Å²) >= 11 is -0.0752. The molecule has 1 saturated heterocycles. The molecule has 0 N–H and O–H groups in total. The van der Waals surface area contributed by atoms with Gasteiger partial charge in [0.1, 0.15) is 0 Å². The van der Waals surface area contributed by atoms with E-state index in [1.165, 1.54) is 37.7 Å². The Labute approximate surface area is 117 Å². The van der Waals surface area contributed by atoms with Gasteiger partial charge in [-0.1, -0.05) is 0 Å². The van der Waals surface area contributed by atoms with E-state index in [0.29, 0.717) is 0 Å². The van der Waals surface area contributed by atoms with Crippen molar-refractivity contribution in [1.29, 1.82) is 0 Å². The summed E-state index contributed by atoms with van der Waals surface area (Å²) in [6, 6.07) is 0. The first-order valence-electron chi connectivity index (χ1n) is 6.52. The van der Waals surface area contributed by atoms with E-state index in [0.717, 1.165) is 13.2 Å². The molecule has 0 amide bonds. The van der Waals surface area contributed by atoms with Crippen LogP contribution in [-0.2, 0) is 20.1 Å². The van der Waals surface area contributed by atoms with Gasteiger partial charge in [0, 0.05) is 13.2 Å². The van der Waals surface area contributed by atoms with Gasteiger partial charge in [-0.25, -0.2) is 0 Å². The summed E-state index contributed by atoms with van der Waals surface area (Å²) in [4.78, 5) is 0. The molecule has 2 rings (SSSR count). The molecule has 1 aliphatic heterocycles. The summed E-state index contributed by atoms with van der Waals surface area (Å²) < 4.78 is 5.22. The molecular formula is C14H23ClOV. The standard InChI is InChI=1S/C10H15.C4H8O.ClH.V/c1-3-4-5-10-7-6-9(2)8-10;1-2-4-5-3-1;;/h6-8H,3-5H2,1-2H3;1-4H2;1H;/q;;;+1/p-1. The van der Waals surface area contributed by atoms with Gasteiger partial charge in [0.15, 0.2) is 0 Å². The molecule has 0 radical (unpaired) electrons. The van der Waals surface area contributed by atoms with Gasteiger partial charge in [0.05, 0.1) is 0 Å². The van der Waals surface area contributed by atoms with Crippen molar-refractivity contribution >= 4 is 9.85 Å². The first-order valence-corrected chi connectivity index (χ1v) is 9.14. The van der Waals surface area contributed by atoms with E-state index < -0.39 is 0 Å². The van der Waals surface area contributed by atoms with Crippen LogP contribution in [0.25, 0.3) is 0 Å². The molecule has 1 aliphatic carbocycles. The zero-order chi connectivity index (χ0) is 12.6. The van der Waals surface area contributed by atoms with Gasteiger partial charge in [0.25, 0.3) is 0 Å². The predicted molar refractivity (Wildman–Crippen MR) is 71.0 cm³/mol. The van der Waals surface area contributed by atoms with Crippen LogP contribution in [0.5, 0.6) is 0 Å². The third-order valence-electron chi connectivity index (χ3n) is 3.03. The second-order valence-corrected chi connectivity index (χ2v) is 6.98. The molecule has 0 aromatic carbocycles. The molecule has 1 nitrogen and oxygen atoms in total. The molecular weight excluding hydrogens is 271 g/mol. The fourth-order valence-electron chi connectivity index (χ4n) is 1.99. The van der Waals surface area contributed by atoms with Gasteiger partial charge in [0.2, 0.25) is 0 Å². The van der Waals surface area contributed by atoms with E-state index in [2.05, 4.69) is 32.1 Å². The molecule has 3 heteroatoms. The van der Waals surface area contributed by atoms with Crippen molar-refractivity contribution in [3.63, 3.8) is 0 Å². The van der Waals surface area contributed by atoms with Gasteiger partial charge >= 0.3 is 86.2 Å². The fraction of sp³-hybridized carbons (Fsp3) is 0.714. The van der Waals surface area contributed by atoms with E-state index in [4.69, 9.17) is 14.6 Å². The van der Waals surface area contributed by atoms with Crippen LogP contribution in [0.15, 0.2) is 23.8 Å². The minimum atomic E-state index is -0.0752. The molecule has 0 spiro atoms. The number of allylic oxidation sites excluding steroid dienone is 4. The van der Waals surface area contributed by atoms with Crippen molar-refractivity contribution < 1.29 is 20.1 Å². The number of hydrogen-bond acceptors (Lipinski definition) is 1. The normalized spacial score (nSPS) is 26.4. The molecule has 97 valence electrons. The van der Waals surface area contributed by atoms with E-state index >= 15 is 0 Å². The Morgan fingerprint density at radius 1 is 1.41 bits per heavy atom. The maximum absolute atomic E-state index is 6.06. The Balaban J connectivity index is 0.000000239. The molecule has 1 unspecified atom stereocenters. The monoisotopic (exact) mass is 293 g/mol. The molecule has 0 aromatic heterocycles. The van der Waals surface area contributed by atoms with Crippen molar-refractivity contribution in [2.24, 2.45) is 0 Å². The number of ether oxygens (including phenoxy) is 1. The van der Waals surface area contributed by atoms with Crippen molar-refractivity contribution in [1.82, 2.24) is 0 Å². The zero-order valence-corrected chi connectivity index (χ0v) is 13.1. The van der Waals surface area contributed by atoms with E-state index in [1.54, 1.807) is 0 Å². The van der Waals surface area contributed by atoms with Crippen LogP contribution in [0.2, 0.25) is 4.13 Å². The van der Waals surface area contributed by atoms with Gasteiger partial charge in [-0.05, 0) is 12.8 Å². The fourth-order valence-corrected chi connectivity index (χ4v) is 3.75. The Bertz CT molecular complexity index is 264. The summed E-state index contributed by atoms with van der Waals surface area (Å²) in [5, 5.41) is 0. The van der Waals surface area contributed by atoms with Gasteiger partial charge in [-0.3, -0.25) is 0 Å². The first-order chi connectivity index (χ1) is 8.22. The van der Waals surface area contributed by atoms with Crippen LogP contribution in [0.1, 0.15) is 46.0 Å². The Hall–Kier alpha value is 0.314. The average molecular weight is 294 g/mol. The summed E-state index contributed by atoms with van der Waals surface area (Å²) in [5.74, 6) is 0. The molecule has 1 atom stereocenters. The number of hydrogen-bond donors (Lipinski definition) is 0. The molecule has 0 bridgehead atoms. The molecule has 0 aromatic rings. The predicted octanol–water partition coefficient (Wildman–Crippen LogP) is 4.88. The molecule has 1 fully saturated rings. The Morgan fingerprint density at radius 3 is 2.47 bits per heavy atom. The van der Waals surface area contributed by atoms with Crippen LogP contribution in [0.3, 0.4) is 0 Å². The second kappa shape index (κ2) is 8.42. The van der Waals surface area contributed by atoms with Crippen LogP contribution < -0.4 is 0 Å². The Morgan fingerprint density at radius 2 is 2.12 bits per heavy atom. The number of unbranched alkanes of at least 4 members (excludes halogenated alkanes) is 1. The molecule has 1 heterocycles. The summed E-state index contributed by atoms with van der Waals surface area (Å²) in [6.45, 7) is 6.38. The third-order valence-corrected chi connectivity index (χ3v) is 5.60. The summed E-state index contributed by atoms with van der Waals surface area (Å²) in [6.07, 6.45) is 13.2. The van der Waals surface area contributed by atoms with Gasteiger partial charge < -0.3 is 4.74 Å². The van der Waals surface area contributed by atoms with Crippen LogP contribution >= 0.6 is 9.85 Å². The molecule has 0 saturated carbocycles. The van der Waals surface area contributed by atoms with Crippen molar-refractivity contribution in [3.8, 4) is 0 Å². The van der Waals surface area contributed by atoms with Crippen LogP contribution in [-0.4, -0.2) is 13.2 Å². The zero-order valence-electron chi connectivity index (χ0n) is 10.9. The Kier molecular flexibility index (Phi) is 7.62. The van der Waals surface area contributed by atoms with Gasteiger partial charge in [-0.15, -0.1) is 0 Å². The van der Waals surface area contributed by atoms with Gasteiger partial charge in [-0.2, -0.15) is 0 Å². The third kappa shape index (κ3) is 5.65. The SMILES string of the molecule is C1CCOC1.CCCC[C]1([V][Cl])C=CC(C)=C1. The van der Waals surface area contributed by atoms with Crippen LogP contribution in [0.4, 0.5) is 0 Å². The van der Waals surface area contributed by atoms with Crippen molar-refractivity contribution in [2.45, 2.75) is 50.1 Å². The van der Waals surface area contributed by atoms with Crippen molar-refractivity contribution in [2.75, 3.05) is 13.2 Å². The quantitative estimate of drug-likeness (QED) is 0.717. The summed E-state index contributed by atoms with van der Waals surface area (Å²) in [7, 11) is 6.06. The van der Waals surface area contributed by atoms with Crippen LogP contribution in [0, 0.1) is 0 Å². The van der Waals surface area contributed by atoms with E-state index in [1.807, 2.05) is 0 Å². The second-order valence-electron chi connectivity index (χ2n) is 4.72. The topological polar surface area (TPSA) is 9.23 Å². The van der Waals surface area contributed by atoms with E-state index in [9.17, 15) is 0 Å². The number of halogens is 1. The summed E-state index contributed by atoms with van der Waals surface area (Å²) in [5.41, 5.74) is 1.38. The van der Waals surface area contributed by atoms with E-state index in [-0.39, 0.29) is 19.5 Å². The first kappa shape index (κ1) is 15.4. The maximum atomic E-state index is 6.06. The molecule has 2 aliphatic rings. The minimum absolute atomic E-state index is 0.0752. The van der Waals surface area contributed by atoms with Crippen molar-refractivity contribution in [3.05, 3.63) is 23.8 Å². The average Bonchev–Trinajstić information content (AvgIpc) is 3.00. The number of rotatable bonds is 4.